The summed E-state index contributed by atoms with van der Waals surface area (Å²) in [5.74, 6) is 11.3. The maximum Gasteiger partial charge on any atom is 0.00992 e. The van der Waals surface area contributed by atoms with Gasteiger partial charge in [-0.15, -0.1) is 0 Å². The molecule has 0 aromatic heterocycles. The zero-order valence-corrected chi connectivity index (χ0v) is 6.54. The molecule has 1 radical (unpaired) electrons. The first-order valence-corrected chi connectivity index (χ1v) is 3.66. The first-order chi connectivity index (χ1) is 4.91. The minimum atomic E-state index is 0.655. The summed E-state index contributed by atoms with van der Waals surface area (Å²) in [6.07, 6.45) is 4.02. The van der Waals surface area contributed by atoms with Crippen molar-refractivity contribution in [3.63, 3.8) is 0 Å². The van der Waals surface area contributed by atoms with Crippen molar-refractivity contribution in [1.29, 1.82) is 0 Å². The van der Waals surface area contributed by atoms with E-state index in [1.54, 1.807) is 0 Å². The molecule has 53 valence electrons. The molecule has 0 heterocycles. The SMILES string of the molecule is [CH2]CC#CC#CCCCC. The molecule has 0 saturated carbocycles. The Labute approximate surface area is 64.0 Å². The highest BCUT2D eigenvalue weighted by molar-refractivity contribution is 5.25. The van der Waals surface area contributed by atoms with Gasteiger partial charge < -0.3 is 0 Å². The summed E-state index contributed by atoms with van der Waals surface area (Å²) >= 11 is 0. The van der Waals surface area contributed by atoms with E-state index in [4.69, 9.17) is 0 Å². The van der Waals surface area contributed by atoms with E-state index in [0.29, 0.717) is 6.42 Å². The molecule has 0 aliphatic carbocycles. The number of unbranched alkanes of at least 4 members (excludes halogenated alkanes) is 2. The minimum Gasteiger partial charge on any atom is -0.0891 e. The fraction of sp³-hybridized carbons (Fsp3) is 0.500. The van der Waals surface area contributed by atoms with Crippen molar-refractivity contribution >= 4 is 0 Å². The molecule has 0 nitrogen and oxygen atoms in total. The lowest BCUT2D eigenvalue weighted by molar-refractivity contribution is 0.828. The maximum atomic E-state index is 3.58. The highest BCUT2D eigenvalue weighted by Crippen LogP contribution is 1.89. The molecule has 0 spiro atoms. The van der Waals surface area contributed by atoms with Crippen LogP contribution in [0.3, 0.4) is 0 Å². The minimum absolute atomic E-state index is 0.655. The highest BCUT2D eigenvalue weighted by Gasteiger charge is 1.73. The van der Waals surface area contributed by atoms with E-state index < -0.39 is 0 Å². The van der Waals surface area contributed by atoms with Crippen LogP contribution in [0.15, 0.2) is 0 Å². The average Bonchev–Trinajstić information content (AvgIpc) is 1.97. The molecule has 0 bridgehead atoms. The molecule has 0 aliphatic heterocycles. The monoisotopic (exact) mass is 133 g/mol. The first-order valence-electron chi connectivity index (χ1n) is 3.66. The van der Waals surface area contributed by atoms with Crippen LogP contribution in [-0.2, 0) is 0 Å². The van der Waals surface area contributed by atoms with Crippen molar-refractivity contribution in [3.05, 3.63) is 6.92 Å². The molecule has 0 aliphatic rings. The smallest absolute Gasteiger partial charge is 0.00992 e. The van der Waals surface area contributed by atoms with Gasteiger partial charge in [-0.3, -0.25) is 0 Å². The standard InChI is InChI=1S/C10H13/c1-3-5-7-9-10-8-6-4-2/h1,3-4,6,8H2,2H3. The van der Waals surface area contributed by atoms with Gasteiger partial charge in [-0.1, -0.05) is 25.2 Å². The van der Waals surface area contributed by atoms with Gasteiger partial charge in [0.25, 0.3) is 0 Å². The van der Waals surface area contributed by atoms with Gasteiger partial charge in [-0.05, 0) is 25.2 Å². The van der Waals surface area contributed by atoms with Crippen LogP contribution >= 0.6 is 0 Å². The third-order valence-electron chi connectivity index (χ3n) is 1.02. The normalized spacial score (nSPS) is 7.00. The second-order valence-electron chi connectivity index (χ2n) is 1.96. The number of hydrogen-bond donors (Lipinski definition) is 0. The molecule has 0 aromatic rings. The van der Waals surface area contributed by atoms with Crippen LogP contribution in [0.2, 0.25) is 0 Å². The van der Waals surface area contributed by atoms with E-state index in [1.807, 2.05) is 0 Å². The van der Waals surface area contributed by atoms with Gasteiger partial charge in [0, 0.05) is 12.8 Å². The Balaban J connectivity index is 3.31. The van der Waals surface area contributed by atoms with Crippen LogP contribution in [0.5, 0.6) is 0 Å². The van der Waals surface area contributed by atoms with Crippen LogP contribution in [-0.4, -0.2) is 0 Å². The fourth-order valence-corrected chi connectivity index (χ4v) is 0.479. The Morgan fingerprint density at radius 2 is 1.90 bits per heavy atom. The third-order valence-corrected chi connectivity index (χ3v) is 1.02. The fourth-order valence-electron chi connectivity index (χ4n) is 0.479. The molecule has 0 amide bonds. The summed E-state index contributed by atoms with van der Waals surface area (Å²) in [6, 6.07) is 0. The maximum absolute atomic E-state index is 3.58. The topological polar surface area (TPSA) is 0 Å². The average molecular weight is 133 g/mol. The van der Waals surface area contributed by atoms with Gasteiger partial charge in [0.1, 0.15) is 0 Å². The molecule has 0 fully saturated rings. The molecule has 0 atom stereocenters. The van der Waals surface area contributed by atoms with Crippen molar-refractivity contribution in [2.45, 2.75) is 32.6 Å². The van der Waals surface area contributed by atoms with Gasteiger partial charge >= 0.3 is 0 Å². The van der Waals surface area contributed by atoms with E-state index in [-0.39, 0.29) is 0 Å². The van der Waals surface area contributed by atoms with Crippen LogP contribution in [0, 0.1) is 30.6 Å². The summed E-state index contributed by atoms with van der Waals surface area (Å²) in [7, 11) is 0. The lowest BCUT2D eigenvalue weighted by Crippen LogP contribution is -1.65. The summed E-state index contributed by atoms with van der Waals surface area (Å²) in [4.78, 5) is 0. The van der Waals surface area contributed by atoms with Gasteiger partial charge in [0.05, 0.1) is 0 Å². The van der Waals surface area contributed by atoms with Crippen LogP contribution in [0.1, 0.15) is 32.6 Å². The largest absolute Gasteiger partial charge is 0.0891 e. The summed E-state index contributed by atoms with van der Waals surface area (Å²) < 4.78 is 0. The Morgan fingerprint density at radius 3 is 2.50 bits per heavy atom. The Morgan fingerprint density at radius 1 is 1.20 bits per heavy atom. The summed E-state index contributed by atoms with van der Waals surface area (Å²) in [5, 5.41) is 0. The number of hydrogen-bond acceptors (Lipinski definition) is 0. The first kappa shape index (κ1) is 9.12. The molecular formula is C10H13. The molecular weight excluding hydrogens is 120 g/mol. The molecule has 0 N–H and O–H groups in total. The van der Waals surface area contributed by atoms with Crippen molar-refractivity contribution < 1.29 is 0 Å². The zero-order valence-electron chi connectivity index (χ0n) is 6.54. The predicted octanol–water partition coefficient (Wildman–Crippen LogP) is 2.41. The van der Waals surface area contributed by atoms with Crippen LogP contribution < -0.4 is 0 Å². The van der Waals surface area contributed by atoms with E-state index in [9.17, 15) is 0 Å². The van der Waals surface area contributed by atoms with E-state index >= 15 is 0 Å². The van der Waals surface area contributed by atoms with Gasteiger partial charge in [-0.25, -0.2) is 0 Å². The van der Waals surface area contributed by atoms with E-state index in [1.165, 1.54) is 12.8 Å². The molecule has 0 rings (SSSR count). The second-order valence-corrected chi connectivity index (χ2v) is 1.96. The second kappa shape index (κ2) is 8.12. The van der Waals surface area contributed by atoms with E-state index in [0.717, 1.165) is 6.42 Å². The lowest BCUT2D eigenvalue weighted by Gasteiger charge is -1.80. The molecule has 0 aromatic carbocycles. The van der Waals surface area contributed by atoms with Gasteiger partial charge in [-0.2, -0.15) is 0 Å². The van der Waals surface area contributed by atoms with Crippen LogP contribution in [0.4, 0.5) is 0 Å². The predicted molar refractivity (Wildman–Crippen MR) is 45.1 cm³/mol. The third kappa shape index (κ3) is 7.12. The highest BCUT2D eigenvalue weighted by atomic mass is 13.8. The van der Waals surface area contributed by atoms with Crippen molar-refractivity contribution in [2.24, 2.45) is 0 Å². The molecule has 10 heavy (non-hydrogen) atoms. The van der Waals surface area contributed by atoms with Crippen LogP contribution in [0.25, 0.3) is 0 Å². The Bertz CT molecular complexity index is 168. The molecule has 0 saturated heterocycles. The summed E-state index contributed by atoms with van der Waals surface area (Å²) in [5.41, 5.74) is 0. The Kier molecular flexibility index (Phi) is 7.41. The molecule has 0 unspecified atom stereocenters. The van der Waals surface area contributed by atoms with E-state index in [2.05, 4.69) is 37.5 Å². The zero-order chi connectivity index (χ0) is 7.66. The van der Waals surface area contributed by atoms with Crippen molar-refractivity contribution in [3.8, 4) is 23.7 Å². The molecule has 0 heteroatoms. The van der Waals surface area contributed by atoms with Gasteiger partial charge in [0.15, 0.2) is 0 Å². The lowest BCUT2D eigenvalue weighted by atomic mass is 10.2. The summed E-state index contributed by atoms with van der Waals surface area (Å²) in [6.45, 7) is 5.73. The quantitative estimate of drug-likeness (QED) is 0.401. The Hall–Kier alpha value is -0.880. The number of rotatable bonds is 2. The van der Waals surface area contributed by atoms with Crippen molar-refractivity contribution in [1.82, 2.24) is 0 Å². The van der Waals surface area contributed by atoms with Crippen molar-refractivity contribution in [2.75, 3.05) is 0 Å². The van der Waals surface area contributed by atoms with Gasteiger partial charge in [0.2, 0.25) is 0 Å².